The minimum absolute atomic E-state index is 0.311. The molecular formula is C30H24Cl2N2O2S. The number of aromatic nitrogens is 2. The Hall–Kier alpha value is -3.38. The van der Waals surface area contributed by atoms with Gasteiger partial charge in [0.15, 0.2) is 9.84 Å². The molecule has 0 bridgehead atoms. The summed E-state index contributed by atoms with van der Waals surface area (Å²) in [6, 6.07) is 30.8. The summed E-state index contributed by atoms with van der Waals surface area (Å²) in [6.45, 7) is 0.685. The van der Waals surface area contributed by atoms with Crippen LogP contribution in [-0.2, 0) is 22.8 Å². The van der Waals surface area contributed by atoms with Crippen LogP contribution in [0, 0.1) is 0 Å². The molecule has 0 aliphatic rings. The number of halogens is 2. The van der Waals surface area contributed by atoms with Gasteiger partial charge in [0, 0.05) is 36.0 Å². The lowest BCUT2D eigenvalue weighted by molar-refractivity contribution is 0.602. The second-order valence-electron chi connectivity index (χ2n) is 8.95. The Morgan fingerprint density at radius 1 is 0.784 bits per heavy atom. The monoisotopic (exact) mass is 546 g/mol. The fourth-order valence-corrected chi connectivity index (χ4v) is 5.42. The minimum atomic E-state index is -3.27. The molecule has 1 aromatic heterocycles. The molecule has 186 valence electrons. The van der Waals surface area contributed by atoms with Gasteiger partial charge in [-0.2, -0.15) is 0 Å². The molecule has 0 saturated carbocycles. The van der Waals surface area contributed by atoms with E-state index in [9.17, 15) is 8.42 Å². The predicted molar refractivity (Wildman–Crippen MR) is 151 cm³/mol. The third-order valence-corrected chi connectivity index (χ3v) is 7.83. The second-order valence-corrected chi connectivity index (χ2v) is 11.8. The van der Waals surface area contributed by atoms with Crippen molar-refractivity contribution in [1.29, 1.82) is 0 Å². The maximum Gasteiger partial charge on any atom is 0.175 e. The highest BCUT2D eigenvalue weighted by Gasteiger charge is 2.14. The third-order valence-electron chi connectivity index (χ3n) is 6.17. The van der Waals surface area contributed by atoms with Crippen molar-refractivity contribution in [2.45, 2.75) is 17.9 Å². The first-order valence-electron chi connectivity index (χ1n) is 11.7. The van der Waals surface area contributed by atoms with E-state index >= 15 is 0 Å². The van der Waals surface area contributed by atoms with Crippen LogP contribution in [0.5, 0.6) is 0 Å². The Morgan fingerprint density at radius 3 is 2.24 bits per heavy atom. The molecule has 0 amide bonds. The molecule has 0 N–H and O–H groups in total. The normalized spacial score (nSPS) is 11.5. The summed E-state index contributed by atoms with van der Waals surface area (Å²) < 4.78 is 26.1. The van der Waals surface area contributed by atoms with Gasteiger partial charge in [0.1, 0.15) is 5.82 Å². The van der Waals surface area contributed by atoms with Crippen LogP contribution in [0.25, 0.3) is 22.4 Å². The molecule has 1 heterocycles. The van der Waals surface area contributed by atoms with E-state index in [-0.39, 0.29) is 0 Å². The van der Waals surface area contributed by atoms with Crippen LogP contribution < -0.4 is 0 Å². The number of imidazole rings is 1. The first-order valence-corrected chi connectivity index (χ1v) is 14.4. The summed E-state index contributed by atoms with van der Waals surface area (Å²) >= 11 is 12.6. The van der Waals surface area contributed by atoms with Gasteiger partial charge in [-0.05, 0) is 52.6 Å². The molecule has 0 spiro atoms. The van der Waals surface area contributed by atoms with Gasteiger partial charge in [-0.25, -0.2) is 13.4 Å². The van der Waals surface area contributed by atoms with Gasteiger partial charge in [-0.3, -0.25) is 0 Å². The zero-order valence-corrected chi connectivity index (χ0v) is 22.4. The van der Waals surface area contributed by atoms with E-state index in [2.05, 4.69) is 28.8 Å². The van der Waals surface area contributed by atoms with Crippen LogP contribution in [0.1, 0.15) is 17.0 Å². The molecule has 0 atom stereocenters. The Morgan fingerprint density at radius 2 is 1.54 bits per heavy atom. The number of sulfone groups is 1. The largest absolute Gasteiger partial charge is 0.330 e. The lowest BCUT2D eigenvalue weighted by atomic mass is 10.0. The van der Waals surface area contributed by atoms with E-state index in [1.165, 1.54) is 11.8 Å². The molecule has 0 aliphatic carbocycles. The Balaban J connectivity index is 1.46. The number of benzene rings is 4. The summed E-state index contributed by atoms with van der Waals surface area (Å²) in [6.07, 6.45) is 3.88. The van der Waals surface area contributed by atoms with Crippen molar-refractivity contribution in [3.63, 3.8) is 0 Å². The Labute approximate surface area is 227 Å². The summed E-state index contributed by atoms with van der Waals surface area (Å²) in [4.78, 5) is 5.26. The van der Waals surface area contributed by atoms with Crippen molar-refractivity contribution < 1.29 is 8.42 Å². The standard InChI is InChI=1S/C30H24Cl2N2O2S/c1-37(35,36)26-9-5-8-24(17-26)23-12-10-21(11-13-23)16-30-33-29(27-15-14-25(31)18-28(27)32)20-34(30)19-22-6-3-2-4-7-22/h2-15,17-18,20H,16,19H2,1H3. The van der Waals surface area contributed by atoms with E-state index < -0.39 is 9.84 Å². The summed E-state index contributed by atoms with van der Waals surface area (Å²) in [5.74, 6) is 0.914. The predicted octanol–water partition coefficient (Wildman–Crippen LogP) is 7.57. The van der Waals surface area contributed by atoms with Crippen LogP contribution in [-0.4, -0.2) is 24.2 Å². The van der Waals surface area contributed by atoms with E-state index in [1.54, 1.807) is 24.3 Å². The smallest absolute Gasteiger partial charge is 0.175 e. The zero-order chi connectivity index (χ0) is 26.0. The van der Waals surface area contributed by atoms with Gasteiger partial charge < -0.3 is 4.57 Å². The van der Waals surface area contributed by atoms with Gasteiger partial charge in [-0.15, -0.1) is 0 Å². The minimum Gasteiger partial charge on any atom is -0.330 e. The quantitative estimate of drug-likeness (QED) is 0.211. The van der Waals surface area contributed by atoms with Gasteiger partial charge in [-0.1, -0.05) is 89.9 Å². The third kappa shape index (κ3) is 5.96. The number of hydrogen-bond acceptors (Lipinski definition) is 3. The van der Waals surface area contributed by atoms with E-state index in [1.807, 2.05) is 54.7 Å². The van der Waals surface area contributed by atoms with Gasteiger partial charge in [0.25, 0.3) is 0 Å². The number of nitrogens with zero attached hydrogens (tertiary/aromatic N) is 2. The van der Waals surface area contributed by atoms with Crippen LogP contribution in [0.3, 0.4) is 0 Å². The maximum atomic E-state index is 12.0. The fraction of sp³-hybridized carbons (Fsp3) is 0.100. The summed E-state index contributed by atoms with van der Waals surface area (Å²) in [5.41, 5.74) is 5.71. The molecule has 7 heteroatoms. The van der Waals surface area contributed by atoms with Gasteiger partial charge >= 0.3 is 0 Å². The van der Waals surface area contributed by atoms with Crippen molar-refractivity contribution in [2.24, 2.45) is 0 Å². The van der Waals surface area contributed by atoms with Crippen LogP contribution in [0.15, 0.2) is 108 Å². The van der Waals surface area contributed by atoms with Crippen LogP contribution in [0.2, 0.25) is 10.0 Å². The highest BCUT2D eigenvalue weighted by molar-refractivity contribution is 7.90. The first-order chi connectivity index (χ1) is 17.8. The molecule has 0 unspecified atom stereocenters. The van der Waals surface area contributed by atoms with Crippen molar-refractivity contribution in [1.82, 2.24) is 9.55 Å². The van der Waals surface area contributed by atoms with E-state index in [0.717, 1.165) is 33.8 Å². The van der Waals surface area contributed by atoms with Crippen LogP contribution in [0.4, 0.5) is 0 Å². The molecule has 0 radical (unpaired) electrons. The van der Waals surface area contributed by atoms with Crippen molar-refractivity contribution in [2.75, 3.05) is 6.26 Å². The number of rotatable bonds is 7. The summed E-state index contributed by atoms with van der Waals surface area (Å²) in [7, 11) is -3.27. The molecule has 5 aromatic rings. The Bertz CT molecular complexity index is 1660. The maximum absolute atomic E-state index is 12.0. The Kier molecular flexibility index (Phi) is 7.20. The van der Waals surface area contributed by atoms with Gasteiger partial charge in [0.2, 0.25) is 0 Å². The fourth-order valence-electron chi connectivity index (χ4n) is 4.24. The zero-order valence-electron chi connectivity index (χ0n) is 20.1. The van der Waals surface area contributed by atoms with Crippen molar-refractivity contribution >= 4 is 33.0 Å². The highest BCUT2D eigenvalue weighted by Crippen LogP contribution is 2.31. The first kappa shape index (κ1) is 25.3. The molecule has 0 aliphatic heterocycles. The molecule has 5 rings (SSSR count). The molecular weight excluding hydrogens is 523 g/mol. The van der Waals surface area contributed by atoms with Crippen LogP contribution >= 0.6 is 23.2 Å². The molecule has 4 aromatic carbocycles. The average molecular weight is 548 g/mol. The van der Waals surface area contributed by atoms with Crippen molar-refractivity contribution in [3.8, 4) is 22.4 Å². The summed E-state index contributed by atoms with van der Waals surface area (Å²) in [5, 5.41) is 1.14. The second kappa shape index (κ2) is 10.5. The SMILES string of the molecule is CS(=O)(=O)c1cccc(-c2ccc(Cc3nc(-c4ccc(Cl)cc4Cl)cn3Cc3ccccc3)cc2)c1. The van der Waals surface area contributed by atoms with E-state index in [0.29, 0.717) is 27.9 Å². The van der Waals surface area contributed by atoms with Gasteiger partial charge in [0.05, 0.1) is 15.6 Å². The lowest BCUT2D eigenvalue weighted by Gasteiger charge is -2.09. The number of hydrogen-bond donors (Lipinski definition) is 0. The lowest BCUT2D eigenvalue weighted by Crippen LogP contribution is -2.05. The molecule has 0 saturated heterocycles. The molecule has 4 nitrogen and oxygen atoms in total. The average Bonchev–Trinajstić information content (AvgIpc) is 3.26. The highest BCUT2D eigenvalue weighted by atomic mass is 35.5. The molecule has 37 heavy (non-hydrogen) atoms. The topological polar surface area (TPSA) is 52.0 Å². The van der Waals surface area contributed by atoms with Crippen molar-refractivity contribution in [3.05, 3.63) is 130 Å². The molecule has 0 fully saturated rings. The van der Waals surface area contributed by atoms with E-state index in [4.69, 9.17) is 28.2 Å².